The molecule has 0 bridgehead atoms. The van der Waals surface area contributed by atoms with Crippen molar-refractivity contribution in [1.82, 2.24) is 20.2 Å². The summed E-state index contributed by atoms with van der Waals surface area (Å²) in [6.45, 7) is 5.88. The second-order valence-electron chi connectivity index (χ2n) is 10.3. The van der Waals surface area contributed by atoms with Gasteiger partial charge in [-0.2, -0.15) is 0 Å². The highest BCUT2D eigenvalue weighted by Crippen LogP contribution is 2.48. The molecule has 2 N–H and O–H groups in total. The molecule has 182 valence electrons. The number of aromatic nitrogens is 2. The highest BCUT2D eigenvalue weighted by molar-refractivity contribution is 6.01. The largest absolute Gasteiger partial charge is 0.384 e. The van der Waals surface area contributed by atoms with Crippen LogP contribution in [0.15, 0.2) is 48.9 Å². The van der Waals surface area contributed by atoms with Gasteiger partial charge in [0.15, 0.2) is 0 Å². The number of imide groups is 1. The molecule has 2 atom stereocenters. The van der Waals surface area contributed by atoms with Crippen LogP contribution < -0.4 is 5.32 Å². The van der Waals surface area contributed by atoms with Gasteiger partial charge in [-0.05, 0) is 48.2 Å². The molecular weight excluding hydrogens is 447 g/mol. The Labute approximate surface area is 203 Å². The van der Waals surface area contributed by atoms with E-state index in [1.54, 1.807) is 36.8 Å². The van der Waals surface area contributed by atoms with Gasteiger partial charge in [0.25, 0.3) is 0 Å². The number of fused-ring (bicyclic) bond motifs is 1. The average Bonchev–Trinajstić information content (AvgIpc) is 2.82. The average molecular weight is 477 g/mol. The molecule has 0 spiro atoms. The van der Waals surface area contributed by atoms with Crippen LogP contribution in [-0.2, 0) is 21.7 Å². The third-order valence-electron chi connectivity index (χ3n) is 7.59. The highest BCUT2D eigenvalue weighted by atomic mass is 19.1. The number of rotatable bonds is 4. The predicted molar refractivity (Wildman–Crippen MR) is 129 cm³/mol. The summed E-state index contributed by atoms with van der Waals surface area (Å²) < 4.78 is 16.0. The van der Waals surface area contributed by atoms with E-state index in [9.17, 15) is 14.7 Å². The summed E-state index contributed by atoms with van der Waals surface area (Å²) in [5.74, 6) is -1.75. The maximum atomic E-state index is 16.0. The molecule has 2 aromatic heterocycles. The molecule has 0 saturated carbocycles. The van der Waals surface area contributed by atoms with Crippen molar-refractivity contribution in [2.75, 3.05) is 13.1 Å². The summed E-state index contributed by atoms with van der Waals surface area (Å²) in [5, 5.41) is 14.5. The Morgan fingerprint density at radius 2 is 1.97 bits per heavy atom. The molecule has 3 aromatic rings. The van der Waals surface area contributed by atoms with Crippen LogP contribution in [0.3, 0.4) is 0 Å². The first-order chi connectivity index (χ1) is 16.7. The van der Waals surface area contributed by atoms with Crippen molar-refractivity contribution in [2.24, 2.45) is 5.41 Å². The van der Waals surface area contributed by atoms with Crippen LogP contribution in [0, 0.1) is 11.2 Å². The Bertz CT molecular complexity index is 1300. The van der Waals surface area contributed by atoms with Gasteiger partial charge in [0, 0.05) is 61.0 Å². The van der Waals surface area contributed by atoms with E-state index in [2.05, 4.69) is 20.2 Å². The zero-order chi connectivity index (χ0) is 24.8. The Hall–Kier alpha value is -3.23. The van der Waals surface area contributed by atoms with Crippen molar-refractivity contribution >= 4 is 22.7 Å². The minimum atomic E-state index is -1.37. The van der Waals surface area contributed by atoms with Gasteiger partial charge >= 0.3 is 0 Å². The summed E-state index contributed by atoms with van der Waals surface area (Å²) in [4.78, 5) is 34.6. The Kier molecular flexibility index (Phi) is 5.89. The number of hydrogen-bond acceptors (Lipinski definition) is 6. The molecule has 1 aromatic carbocycles. The Balaban J connectivity index is 1.46. The van der Waals surface area contributed by atoms with Crippen LogP contribution >= 0.6 is 0 Å². The Morgan fingerprint density at radius 1 is 1.20 bits per heavy atom. The van der Waals surface area contributed by atoms with Crippen molar-refractivity contribution in [3.05, 3.63) is 71.4 Å². The minimum Gasteiger partial charge on any atom is -0.384 e. The highest BCUT2D eigenvalue weighted by Gasteiger charge is 2.50. The fourth-order valence-electron chi connectivity index (χ4n) is 5.51. The maximum absolute atomic E-state index is 16.0. The van der Waals surface area contributed by atoms with Crippen molar-refractivity contribution in [3.8, 4) is 0 Å². The van der Waals surface area contributed by atoms with Crippen LogP contribution in [0.1, 0.15) is 55.7 Å². The van der Waals surface area contributed by atoms with E-state index >= 15 is 4.39 Å². The quantitative estimate of drug-likeness (QED) is 0.561. The molecule has 1 unspecified atom stereocenters. The summed E-state index contributed by atoms with van der Waals surface area (Å²) in [6, 6.07) is 8.94. The van der Waals surface area contributed by atoms with Crippen molar-refractivity contribution < 1.29 is 19.1 Å². The van der Waals surface area contributed by atoms with E-state index in [1.807, 2.05) is 26.0 Å². The molecule has 0 radical (unpaired) electrons. The van der Waals surface area contributed by atoms with Gasteiger partial charge in [0.1, 0.15) is 5.82 Å². The predicted octanol–water partition coefficient (Wildman–Crippen LogP) is 3.41. The number of aliphatic hydroxyl groups is 1. The van der Waals surface area contributed by atoms with E-state index in [1.165, 1.54) is 0 Å². The zero-order valence-corrected chi connectivity index (χ0v) is 19.9. The first-order valence-corrected chi connectivity index (χ1v) is 11.9. The number of carbonyl (C=O) groups excluding carboxylic acids is 2. The number of halogens is 1. The van der Waals surface area contributed by atoms with Crippen LogP contribution in [0.25, 0.3) is 10.9 Å². The molecule has 2 fully saturated rings. The number of hydrogen-bond donors (Lipinski definition) is 2. The molecule has 4 heterocycles. The van der Waals surface area contributed by atoms with Crippen molar-refractivity contribution in [2.45, 2.75) is 51.2 Å². The topological polar surface area (TPSA) is 95.4 Å². The van der Waals surface area contributed by atoms with Crippen molar-refractivity contribution in [3.63, 3.8) is 0 Å². The van der Waals surface area contributed by atoms with E-state index < -0.39 is 22.8 Å². The molecule has 2 aliphatic heterocycles. The minimum absolute atomic E-state index is 0.237. The summed E-state index contributed by atoms with van der Waals surface area (Å²) >= 11 is 0. The number of nitrogens with one attached hydrogen (secondary N) is 1. The second kappa shape index (κ2) is 8.77. The normalized spacial score (nSPS) is 25.0. The van der Waals surface area contributed by atoms with Gasteiger partial charge in [0.2, 0.25) is 11.8 Å². The molecule has 35 heavy (non-hydrogen) atoms. The van der Waals surface area contributed by atoms with Crippen LogP contribution in [-0.4, -0.2) is 44.9 Å². The van der Waals surface area contributed by atoms with Gasteiger partial charge in [-0.1, -0.05) is 19.9 Å². The van der Waals surface area contributed by atoms with Gasteiger partial charge in [-0.25, -0.2) is 4.39 Å². The lowest BCUT2D eigenvalue weighted by molar-refractivity contribution is -0.134. The molecular formula is C27H29FN4O3. The van der Waals surface area contributed by atoms with Gasteiger partial charge < -0.3 is 5.11 Å². The SMILES string of the molecule is CC1(C)CN(Cc2ccncc2)CC[C@]1(O)c1ccc2ncc(C3CCC(=O)NC3=O)cc2c1F. The molecule has 2 saturated heterocycles. The summed E-state index contributed by atoms with van der Waals surface area (Å²) in [7, 11) is 0. The monoisotopic (exact) mass is 476 g/mol. The third-order valence-corrected chi connectivity index (χ3v) is 7.59. The molecule has 0 aliphatic carbocycles. The maximum Gasteiger partial charge on any atom is 0.234 e. The lowest BCUT2D eigenvalue weighted by Crippen LogP contribution is -2.55. The molecule has 2 amide bonds. The smallest absolute Gasteiger partial charge is 0.234 e. The third kappa shape index (κ3) is 4.21. The summed E-state index contributed by atoms with van der Waals surface area (Å²) in [6.07, 6.45) is 6.08. The number of benzene rings is 1. The number of pyridine rings is 2. The van der Waals surface area contributed by atoms with Crippen LogP contribution in [0.2, 0.25) is 0 Å². The van der Waals surface area contributed by atoms with E-state index in [0.29, 0.717) is 37.0 Å². The fraction of sp³-hybridized carbons (Fsp3) is 0.407. The second-order valence-corrected chi connectivity index (χ2v) is 10.3. The molecule has 7 nitrogen and oxygen atoms in total. The number of piperidine rings is 2. The first kappa shape index (κ1) is 23.5. The van der Waals surface area contributed by atoms with Crippen LogP contribution in [0.5, 0.6) is 0 Å². The zero-order valence-electron chi connectivity index (χ0n) is 19.9. The van der Waals surface area contributed by atoms with Gasteiger partial charge in [0.05, 0.1) is 17.0 Å². The fourth-order valence-corrected chi connectivity index (χ4v) is 5.51. The van der Waals surface area contributed by atoms with Crippen LogP contribution in [0.4, 0.5) is 4.39 Å². The Morgan fingerprint density at radius 3 is 2.69 bits per heavy atom. The lowest BCUT2D eigenvalue weighted by atomic mass is 9.66. The van der Waals surface area contributed by atoms with Crippen molar-refractivity contribution in [1.29, 1.82) is 0 Å². The molecule has 2 aliphatic rings. The number of carbonyl (C=O) groups is 2. The standard InChI is InChI=1S/C27H29FN4O3/c1-26(2)16-32(15-17-7-10-29-11-8-17)12-9-27(26,35)21-4-5-22-20(24(21)28)13-18(14-30-22)19-3-6-23(33)31-25(19)34/h4-5,7-8,10-11,13-14,19,35H,3,6,9,12,15-16H2,1-2H3,(H,31,33,34)/t19?,27-/m0/s1. The van der Waals surface area contributed by atoms with E-state index in [4.69, 9.17) is 0 Å². The number of likely N-dealkylation sites (tertiary alicyclic amines) is 1. The van der Waals surface area contributed by atoms with Gasteiger partial charge in [-0.15, -0.1) is 0 Å². The molecule has 5 rings (SSSR count). The van der Waals surface area contributed by atoms with E-state index in [-0.39, 0.29) is 29.2 Å². The van der Waals surface area contributed by atoms with E-state index in [0.717, 1.165) is 12.1 Å². The lowest BCUT2D eigenvalue weighted by Gasteiger charge is -2.50. The first-order valence-electron chi connectivity index (χ1n) is 11.9. The number of amides is 2. The van der Waals surface area contributed by atoms with Gasteiger partial charge in [-0.3, -0.25) is 29.8 Å². The number of nitrogens with zero attached hydrogens (tertiary/aromatic N) is 3. The molecule has 8 heteroatoms. The summed E-state index contributed by atoms with van der Waals surface area (Å²) in [5.41, 5.74) is 0.424.